The number of rotatable bonds is 6. The van der Waals surface area contributed by atoms with Gasteiger partial charge in [0.05, 0.1) is 18.3 Å². The largest absolute Gasteiger partial charge is 0.378 e. The molecule has 0 bridgehead atoms. The molecule has 3 unspecified atom stereocenters. The van der Waals surface area contributed by atoms with Crippen LogP contribution < -0.4 is 5.32 Å². The van der Waals surface area contributed by atoms with Gasteiger partial charge in [-0.3, -0.25) is 0 Å². The maximum atomic E-state index is 5.79. The minimum atomic E-state index is 0.241. The van der Waals surface area contributed by atoms with Crippen molar-refractivity contribution >= 4 is 0 Å². The van der Waals surface area contributed by atoms with Crippen LogP contribution in [0.4, 0.5) is 0 Å². The van der Waals surface area contributed by atoms with Crippen molar-refractivity contribution in [2.75, 3.05) is 6.61 Å². The fourth-order valence-corrected chi connectivity index (χ4v) is 2.79. The van der Waals surface area contributed by atoms with Gasteiger partial charge >= 0.3 is 0 Å². The first-order valence-electron chi connectivity index (χ1n) is 6.87. The number of nitrogens with zero attached hydrogens (tertiary/aromatic N) is 1. The van der Waals surface area contributed by atoms with E-state index in [-0.39, 0.29) is 5.41 Å². The van der Waals surface area contributed by atoms with Crippen LogP contribution in [0.1, 0.15) is 45.1 Å². The summed E-state index contributed by atoms with van der Waals surface area (Å²) in [5.74, 6) is 0.908. The maximum Gasteiger partial charge on any atom is 0.150 e. The van der Waals surface area contributed by atoms with E-state index in [1.807, 2.05) is 13.0 Å². The van der Waals surface area contributed by atoms with E-state index < -0.39 is 0 Å². The summed E-state index contributed by atoms with van der Waals surface area (Å²) in [4.78, 5) is 0. The van der Waals surface area contributed by atoms with Crippen LogP contribution in [-0.4, -0.2) is 23.9 Å². The second-order valence-electron chi connectivity index (χ2n) is 5.41. The molecule has 0 aromatic carbocycles. The summed E-state index contributed by atoms with van der Waals surface area (Å²) in [6.07, 6.45) is 2.61. The van der Waals surface area contributed by atoms with Gasteiger partial charge in [-0.25, -0.2) is 0 Å². The van der Waals surface area contributed by atoms with Gasteiger partial charge in [-0.2, -0.15) is 0 Å². The van der Waals surface area contributed by atoms with E-state index in [9.17, 15) is 0 Å². The number of ether oxygens (including phenoxy) is 1. The van der Waals surface area contributed by atoms with Crippen molar-refractivity contribution in [3.63, 3.8) is 0 Å². The summed E-state index contributed by atoms with van der Waals surface area (Å²) in [6, 6.07) is 2.49. The minimum absolute atomic E-state index is 0.241. The first-order valence-corrected chi connectivity index (χ1v) is 6.87. The monoisotopic (exact) mass is 252 g/mol. The van der Waals surface area contributed by atoms with E-state index >= 15 is 0 Å². The maximum absolute atomic E-state index is 5.79. The Bertz CT molecular complexity index is 391. The van der Waals surface area contributed by atoms with E-state index in [1.165, 1.54) is 0 Å². The predicted molar refractivity (Wildman–Crippen MR) is 70.3 cm³/mol. The normalized spacial score (nSPS) is 31.3. The van der Waals surface area contributed by atoms with Crippen molar-refractivity contribution in [1.82, 2.24) is 10.5 Å². The Balaban J connectivity index is 1.87. The zero-order valence-electron chi connectivity index (χ0n) is 11.8. The molecule has 102 valence electrons. The Morgan fingerprint density at radius 3 is 2.89 bits per heavy atom. The van der Waals surface area contributed by atoms with Crippen LogP contribution in [0.25, 0.3) is 0 Å². The molecule has 0 spiro atoms. The van der Waals surface area contributed by atoms with Crippen molar-refractivity contribution in [2.45, 2.75) is 59.2 Å². The van der Waals surface area contributed by atoms with Crippen LogP contribution in [0, 0.1) is 12.3 Å². The highest BCUT2D eigenvalue weighted by atomic mass is 16.5. The molecule has 1 heterocycles. The standard InChI is InChI=1S/C14H24N2O2/c1-5-14(4)12(8-13(14)17-6-2)15-9-11-7-10(3)16-18-11/h7,12-13,15H,5-6,8-9H2,1-4H3. The minimum Gasteiger partial charge on any atom is -0.378 e. The van der Waals surface area contributed by atoms with Gasteiger partial charge in [0.1, 0.15) is 0 Å². The second kappa shape index (κ2) is 5.41. The van der Waals surface area contributed by atoms with Crippen molar-refractivity contribution in [3.05, 3.63) is 17.5 Å². The van der Waals surface area contributed by atoms with Gasteiger partial charge in [0.2, 0.25) is 0 Å². The fraction of sp³-hybridized carbons (Fsp3) is 0.786. The molecule has 18 heavy (non-hydrogen) atoms. The van der Waals surface area contributed by atoms with Crippen molar-refractivity contribution in [1.29, 1.82) is 0 Å². The molecule has 1 aromatic heterocycles. The molecule has 1 aliphatic carbocycles. The third-order valence-corrected chi connectivity index (χ3v) is 4.31. The molecular formula is C14H24N2O2. The second-order valence-corrected chi connectivity index (χ2v) is 5.41. The average molecular weight is 252 g/mol. The molecule has 1 saturated carbocycles. The van der Waals surface area contributed by atoms with Crippen LogP contribution >= 0.6 is 0 Å². The molecule has 1 aliphatic rings. The van der Waals surface area contributed by atoms with Crippen LogP contribution in [0.2, 0.25) is 0 Å². The third-order valence-electron chi connectivity index (χ3n) is 4.31. The Kier molecular flexibility index (Phi) is 4.07. The Labute approximate surface area is 109 Å². The molecule has 4 nitrogen and oxygen atoms in total. The van der Waals surface area contributed by atoms with Gasteiger partial charge in [0.15, 0.2) is 5.76 Å². The van der Waals surface area contributed by atoms with Gasteiger partial charge in [0, 0.05) is 24.1 Å². The van der Waals surface area contributed by atoms with Crippen molar-refractivity contribution < 1.29 is 9.26 Å². The van der Waals surface area contributed by atoms with E-state index in [0.717, 1.165) is 37.4 Å². The van der Waals surface area contributed by atoms with Crippen molar-refractivity contribution in [3.8, 4) is 0 Å². The third kappa shape index (κ3) is 2.45. The lowest BCUT2D eigenvalue weighted by molar-refractivity contribution is -0.126. The Morgan fingerprint density at radius 1 is 1.56 bits per heavy atom. The van der Waals surface area contributed by atoms with Crippen molar-refractivity contribution in [2.24, 2.45) is 5.41 Å². The van der Waals surface area contributed by atoms with Crippen LogP contribution in [0.3, 0.4) is 0 Å². The molecule has 0 saturated heterocycles. The number of nitrogens with one attached hydrogen (secondary N) is 1. The molecule has 1 fully saturated rings. The lowest BCUT2D eigenvalue weighted by atomic mass is 9.61. The molecule has 0 amide bonds. The summed E-state index contributed by atoms with van der Waals surface area (Å²) in [7, 11) is 0. The van der Waals surface area contributed by atoms with E-state index in [4.69, 9.17) is 9.26 Å². The summed E-state index contributed by atoms with van der Waals surface area (Å²) < 4.78 is 11.0. The zero-order valence-corrected chi connectivity index (χ0v) is 11.8. The highest BCUT2D eigenvalue weighted by Crippen LogP contribution is 2.45. The smallest absolute Gasteiger partial charge is 0.150 e. The number of aryl methyl sites for hydroxylation is 1. The SMILES string of the molecule is CCOC1CC(NCc2cc(C)no2)C1(C)CC. The quantitative estimate of drug-likeness (QED) is 0.845. The average Bonchev–Trinajstić information content (AvgIpc) is 2.77. The van der Waals surface area contributed by atoms with E-state index in [2.05, 4.69) is 31.2 Å². The zero-order chi connectivity index (χ0) is 13.2. The lowest BCUT2D eigenvalue weighted by Crippen LogP contribution is -2.61. The van der Waals surface area contributed by atoms with Crippen LogP contribution in [0.5, 0.6) is 0 Å². The number of hydrogen-bond acceptors (Lipinski definition) is 4. The summed E-state index contributed by atoms with van der Waals surface area (Å²) in [5.41, 5.74) is 1.18. The van der Waals surface area contributed by atoms with Gasteiger partial charge in [-0.05, 0) is 26.7 Å². The Hall–Kier alpha value is -0.870. The molecule has 2 rings (SSSR count). The van der Waals surface area contributed by atoms with Crippen LogP contribution in [-0.2, 0) is 11.3 Å². The summed E-state index contributed by atoms with van der Waals surface area (Å²) in [6.45, 7) is 10.1. The number of hydrogen-bond donors (Lipinski definition) is 1. The highest BCUT2D eigenvalue weighted by molar-refractivity contribution is 5.07. The first kappa shape index (κ1) is 13.6. The molecule has 3 atom stereocenters. The van der Waals surface area contributed by atoms with Gasteiger partial charge in [0.25, 0.3) is 0 Å². The lowest BCUT2D eigenvalue weighted by Gasteiger charge is -2.53. The predicted octanol–water partition coefficient (Wildman–Crippen LogP) is 2.67. The fourth-order valence-electron chi connectivity index (χ4n) is 2.79. The van der Waals surface area contributed by atoms with Gasteiger partial charge in [-0.1, -0.05) is 19.0 Å². The summed E-state index contributed by atoms with van der Waals surface area (Å²) in [5, 5.41) is 7.46. The molecule has 0 radical (unpaired) electrons. The molecule has 1 N–H and O–H groups in total. The van der Waals surface area contributed by atoms with E-state index in [1.54, 1.807) is 0 Å². The van der Waals surface area contributed by atoms with Crippen LogP contribution in [0.15, 0.2) is 10.6 Å². The van der Waals surface area contributed by atoms with Gasteiger partial charge in [-0.15, -0.1) is 0 Å². The molecule has 0 aliphatic heterocycles. The highest BCUT2D eigenvalue weighted by Gasteiger charge is 2.50. The van der Waals surface area contributed by atoms with E-state index in [0.29, 0.717) is 12.1 Å². The first-order chi connectivity index (χ1) is 8.60. The summed E-state index contributed by atoms with van der Waals surface area (Å²) >= 11 is 0. The molecule has 1 aromatic rings. The molecular weight excluding hydrogens is 228 g/mol. The Morgan fingerprint density at radius 2 is 2.33 bits per heavy atom. The number of aromatic nitrogens is 1. The van der Waals surface area contributed by atoms with Gasteiger partial charge < -0.3 is 14.6 Å². The molecule has 4 heteroatoms. The topological polar surface area (TPSA) is 47.3 Å².